The summed E-state index contributed by atoms with van der Waals surface area (Å²) in [6, 6.07) is 1.15. The number of nitriles is 1. The summed E-state index contributed by atoms with van der Waals surface area (Å²) in [6.07, 6.45) is -1.50. The Labute approximate surface area is 71.9 Å². The zero-order valence-electron chi connectivity index (χ0n) is 6.28. The molecule has 0 aliphatic heterocycles. The van der Waals surface area contributed by atoms with Crippen LogP contribution in [0.1, 0.15) is 11.5 Å². The number of aromatic nitrogens is 2. The van der Waals surface area contributed by atoms with E-state index in [0.717, 1.165) is 24.8 Å². The summed E-state index contributed by atoms with van der Waals surface area (Å²) in [5, 5.41) is 8.29. The van der Waals surface area contributed by atoms with Crippen molar-refractivity contribution < 1.29 is 13.2 Å². The average molecular weight is 187 g/mol. The molecular weight excluding hydrogens is 183 g/mol. The van der Waals surface area contributed by atoms with Gasteiger partial charge in [0.1, 0.15) is 6.33 Å². The summed E-state index contributed by atoms with van der Waals surface area (Å²) in [4.78, 5) is 6.81. The molecule has 0 fully saturated rings. The van der Waals surface area contributed by atoms with Gasteiger partial charge >= 0.3 is 6.18 Å². The van der Waals surface area contributed by atoms with Gasteiger partial charge in [-0.25, -0.2) is 9.97 Å². The van der Waals surface area contributed by atoms with Gasteiger partial charge in [0.05, 0.1) is 6.07 Å². The van der Waals surface area contributed by atoms with Crippen LogP contribution in [0.15, 0.2) is 18.7 Å². The van der Waals surface area contributed by atoms with Crippen molar-refractivity contribution in [2.24, 2.45) is 0 Å². The molecule has 68 valence electrons. The summed E-state index contributed by atoms with van der Waals surface area (Å²) in [6.45, 7) is 0. The molecule has 0 aromatic carbocycles. The highest BCUT2D eigenvalue weighted by Crippen LogP contribution is 2.33. The fourth-order valence-electron chi connectivity index (χ4n) is 0.796. The molecule has 0 aliphatic carbocycles. The Hall–Kier alpha value is -1.64. The topological polar surface area (TPSA) is 49.6 Å². The van der Waals surface area contributed by atoms with Crippen molar-refractivity contribution in [3.8, 4) is 6.07 Å². The van der Waals surface area contributed by atoms with Crippen molar-refractivity contribution >= 4 is 0 Å². The van der Waals surface area contributed by atoms with Crippen LogP contribution in [0.3, 0.4) is 0 Å². The summed E-state index contributed by atoms with van der Waals surface area (Å²) >= 11 is 0. The van der Waals surface area contributed by atoms with Gasteiger partial charge in [-0.2, -0.15) is 18.4 Å². The lowest BCUT2D eigenvalue weighted by molar-refractivity contribution is -0.137. The molecule has 13 heavy (non-hydrogen) atoms. The number of halogens is 3. The molecule has 0 bridgehead atoms. The van der Waals surface area contributed by atoms with Crippen molar-refractivity contribution in [1.82, 2.24) is 9.97 Å². The lowest BCUT2D eigenvalue weighted by atomic mass is 10.0. The first-order valence-electron chi connectivity index (χ1n) is 3.27. The van der Waals surface area contributed by atoms with E-state index in [1.165, 1.54) is 0 Å². The Kier molecular flexibility index (Phi) is 2.46. The van der Waals surface area contributed by atoms with Gasteiger partial charge in [0.25, 0.3) is 0 Å². The van der Waals surface area contributed by atoms with E-state index < -0.39 is 12.1 Å². The van der Waals surface area contributed by atoms with Crippen LogP contribution in [0.4, 0.5) is 13.2 Å². The highest BCUT2D eigenvalue weighted by atomic mass is 19.4. The quantitative estimate of drug-likeness (QED) is 0.671. The summed E-state index contributed by atoms with van der Waals surface area (Å²) in [5.41, 5.74) is -0.238. The largest absolute Gasteiger partial charge is 0.408 e. The Balaban J connectivity index is 3.01. The molecule has 1 atom stereocenters. The molecule has 0 spiro atoms. The third-order valence-electron chi connectivity index (χ3n) is 1.37. The van der Waals surface area contributed by atoms with Gasteiger partial charge in [-0.15, -0.1) is 0 Å². The molecule has 0 saturated carbocycles. The van der Waals surface area contributed by atoms with E-state index in [0.29, 0.717) is 0 Å². The summed E-state index contributed by atoms with van der Waals surface area (Å²) in [5.74, 6) is -2.14. The fourth-order valence-corrected chi connectivity index (χ4v) is 0.796. The maximum Gasteiger partial charge on any atom is 0.408 e. The average Bonchev–Trinajstić information content (AvgIpc) is 2.05. The highest BCUT2D eigenvalue weighted by Gasteiger charge is 2.41. The van der Waals surface area contributed by atoms with Crippen LogP contribution in [0.5, 0.6) is 0 Å². The van der Waals surface area contributed by atoms with Crippen molar-refractivity contribution in [2.45, 2.75) is 12.1 Å². The zero-order valence-corrected chi connectivity index (χ0v) is 6.28. The van der Waals surface area contributed by atoms with Gasteiger partial charge in [0.2, 0.25) is 0 Å². The smallest absolute Gasteiger partial charge is 0.244 e. The Morgan fingerprint density at radius 2 is 1.85 bits per heavy atom. The normalized spacial score (nSPS) is 13.4. The van der Waals surface area contributed by atoms with Crippen LogP contribution in [-0.2, 0) is 0 Å². The summed E-state index contributed by atoms with van der Waals surface area (Å²) < 4.78 is 36.4. The third-order valence-corrected chi connectivity index (χ3v) is 1.37. The van der Waals surface area contributed by atoms with Crippen LogP contribution < -0.4 is 0 Å². The molecule has 0 N–H and O–H groups in total. The van der Waals surface area contributed by atoms with E-state index in [2.05, 4.69) is 9.97 Å². The molecule has 1 unspecified atom stereocenters. The lowest BCUT2D eigenvalue weighted by Crippen LogP contribution is -2.19. The Bertz CT molecular complexity index is 314. The molecule has 1 rings (SSSR count). The first-order chi connectivity index (χ1) is 6.05. The third kappa shape index (κ3) is 2.15. The minimum absolute atomic E-state index is 0.238. The molecule has 3 nitrogen and oxygen atoms in total. The minimum atomic E-state index is -4.57. The molecule has 6 heteroatoms. The molecular formula is C7H4F3N3. The van der Waals surface area contributed by atoms with Gasteiger partial charge in [0.15, 0.2) is 5.92 Å². The van der Waals surface area contributed by atoms with Crippen molar-refractivity contribution in [3.05, 3.63) is 24.3 Å². The van der Waals surface area contributed by atoms with Crippen molar-refractivity contribution in [3.63, 3.8) is 0 Å². The molecule has 0 radical (unpaired) electrons. The van der Waals surface area contributed by atoms with E-state index in [1.807, 2.05) is 0 Å². The number of nitrogens with zero attached hydrogens (tertiary/aromatic N) is 3. The first kappa shape index (κ1) is 9.45. The molecule has 1 heterocycles. The van der Waals surface area contributed by atoms with Crippen LogP contribution >= 0.6 is 0 Å². The Morgan fingerprint density at radius 3 is 2.23 bits per heavy atom. The second-order valence-electron chi connectivity index (χ2n) is 2.28. The van der Waals surface area contributed by atoms with Gasteiger partial charge in [-0.3, -0.25) is 0 Å². The predicted octanol–water partition coefficient (Wildman–Crippen LogP) is 1.65. The number of hydrogen-bond acceptors (Lipinski definition) is 3. The number of rotatable bonds is 1. The number of alkyl halides is 3. The summed E-state index contributed by atoms with van der Waals surface area (Å²) in [7, 11) is 0. The molecule has 1 aromatic rings. The second kappa shape index (κ2) is 3.39. The van der Waals surface area contributed by atoms with E-state index in [9.17, 15) is 13.2 Å². The van der Waals surface area contributed by atoms with Gasteiger partial charge in [0, 0.05) is 18.0 Å². The van der Waals surface area contributed by atoms with Crippen molar-refractivity contribution in [2.75, 3.05) is 0 Å². The van der Waals surface area contributed by atoms with E-state index in [-0.39, 0.29) is 5.56 Å². The van der Waals surface area contributed by atoms with Crippen LogP contribution in [-0.4, -0.2) is 16.1 Å². The predicted molar refractivity (Wildman–Crippen MR) is 36.4 cm³/mol. The zero-order chi connectivity index (χ0) is 9.90. The van der Waals surface area contributed by atoms with E-state index in [4.69, 9.17) is 5.26 Å². The van der Waals surface area contributed by atoms with Gasteiger partial charge < -0.3 is 0 Å². The number of hydrogen-bond donors (Lipinski definition) is 0. The van der Waals surface area contributed by atoms with E-state index >= 15 is 0 Å². The van der Waals surface area contributed by atoms with Crippen LogP contribution in [0.25, 0.3) is 0 Å². The minimum Gasteiger partial charge on any atom is -0.244 e. The van der Waals surface area contributed by atoms with Gasteiger partial charge in [-0.1, -0.05) is 0 Å². The molecule has 0 aliphatic rings. The lowest BCUT2D eigenvalue weighted by Gasteiger charge is -2.11. The fraction of sp³-hybridized carbons (Fsp3) is 0.286. The van der Waals surface area contributed by atoms with E-state index in [1.54, 1.807) is 0 Å². The van der Waals surface area contributed by atoms with Gasteiger partial charge in [-0.05, 0) is 0 Å². The van der Waals surface area contributed by atoms with Crippen molar-refractivity contribution in [1.29, 1.82) is 5.26 Å². The Morgan fingerprint density at radius 1 is 1.31 bits per heavy atom. The molecule has 0 amide bonds. The second-order valence-corrected chi connectivity index (χ2v) is 2.28. The first-order valence-corrected chi connectivity index (χ1v) is 3.27. The van der Waals surface area contributed by atoms with Crippen LogP contribution in [0.2, 0.25) is 0 Å². The standard InChI is InChI=1S/C7H4F3N3/c8-7(9,10)6(1-11)5-2-12-4-13-3-5/h2-4,6H. The maximum atomic E-state index is 12.1. The maximum absolute atomic E-state index is 12.1. The van der Waals surface area contributed by atoms with Crippen LogP contribution in [0, 0.1) is 11.3 Å². The highest BCUT2D eigenvalue weighted by molar-refractivity contribution is 5.20. The monoisotopic (exact) mass is 187 g/mol. The molecule has 1 aromatic heterocycles. The SMILES string of the molecule is N#CC(c1cncnc1)C(F)(F)F. The molecule has 0 saturated heterocycles.